The van der Waals surface area contributed by atoms with Crippen LogP contribution in [0.4, 0.5) is 0 Å². The predicted molar refractivity (Wildman–Crippen MR) is 95.9 cm³/mol. The van der Waals surface area contributed by atoms with Crippen LogP contribution < -0.4 is 4.74 Å². The molecule has 0 atom stereocenters. The molecule has 0 saturated heterocycles. The molecule has 2 heterocycles. The first-order chi connectivity index (χ1) is 11.7. The quantitative estimate of drug-likeness (QED) is 0.483. The maximum atomic E-state index is 5.94. The number of rotatable bonds is 3. The van der Waals surface area contributed by atoms with E-state index in [0.717, 1.165) is 15.5 Å². The summed E-state index contributed by atoms with van der Waals surface area (Å²) in [7, 11) is 0. The fourth-order valence-corrected chi connectivity index (χ4v) is 2.68. The Balaban J connectivity index is 1.76. The second-order valence-electron chi connectivity index (χ2n) is 5.00. The number of fused-ring (bicyclic) bond motifs is 1. The Morgan fingerprint density at radius 3 is 2.46 bits per heavy atom. The van der Waals surface area contributed by atoms with Crippen molar-refractivity contribution in [3.63, 3.8) is 0 Å². The van der Waals surface area contributed by atoms with Gasteiger partial charge in [0.25, 0.3) is 0 Å². The molecule has 0 amide bonds. The van der Waals surface area contributed by atoms with E-state index in [1.165, 1.54) is 6.33 Å². The Morgan fingerprint density at radius 2 is 1.71 bits per heavy atom. The van der Waals surface area contributed by atoms with Crippen molar-refractivity contribution >= 4 is 38.6 Å². The van der Waals surface area contributed by atoms with Crippen LogP contribution >= 0.6 is 27.5 Å². The summed E-state index contributed by atoms with van der Waals surface area (Å²) in [4.78, 5) is 8.55. The maximum absolute atomic E-state index is 5.94. The van der Waals surface area contributed by atoms with Crippen LogP contribution in [-0.2, 0) is 0 Å². The van der Waals surface area contributed by atoms with Gasteiger partial charge >= 0.3 is 0 Å². The van der Waals surface area contributed by atoms with E-state index in [2.05, 4.69) is 31.0 Å². The zero-order valence-electron chi connectivity index (χ0n) is 12.2. The van der Waals surface area contributed by atoms with Crippen molar-refractivity contribution in [3.8, 4) is 17.3 Å². The van der Waals surface area contributed by atoms with Crippen molar-refractivity contribution in [2.45, 2.75) is 0 Å². The molecule has 7 heteroatoms. The minimum absolute atomic E-state index is 0.461. The normalized spacial score (nSPS) is 10.9. The first kappa shape index (κ1) is 15.1. The van der Waals surface area contributed by atoms with Gasteiger partial charge in [-0.3, -0.25) is 0 Å². The molecule has 5 nitrogen and oxygen atoms in total. The standard InChI is InChI=1S/C17H10BrClN4O/c18-11-1-7-14(8-2-11)24-17-15-9-22-23(16(15)20-10-21-17)13-5-3-12(19)4-6-13/h1-10H. The van der Waals surface area contributed by atoms with E-state index >= 15 is 0 Å². The van der Waals surface area contributed by atoms with Crippen molar-refractivity contribution in [2.24, 2.45) is 0 Å². The zero-order chi connectivity index (χ0) is 16.5. The SMILES string of the molecule is Clc1ccc(-n2ncc3c(Oc4ccc(Br)cc4)ncnc32)cc1. The van der Waals surface area contributed by atoms with E-state index in [0.29, 0.717) is 22.3 Å². The third-order valence-electron chi connectivity index (χ3n) is 3.43. The highest BCUT2D eigenvalue weighted by atomic mass is 79.9. The summed E-state index contributed by atoms with van der Waals surface area (Å²) < 4.78 is 8.58. The molecule has 0 saturated carbocycles. The van der Waals surface area contributed by atoms with E-state index < -0.39 is 0 Å². The lowest BCUT2D eigenvalue weighted by Crippen LogP contribution is -1.98. The smallest absolute Gasteiger partial charge is 0.233 e. The number of hydrogen-bond donors (Lipinski definition) is 0. The molecule has 4 aromatic rings. The third kappa shape index (κ3) is 2.86. The number of aromatic nitrogens is 4. The third-order valence-corrected chi connectivity index (χ3v) is 4.21. The van der Waals surface area contributed by atoms with Crippen LogP contribution in [0.2, 0.25) is 5.02 Å². The Bertz CT molecular complexity index is 999. The lowest BCUT2D eigenvalue weighted by atomic mass is 10.3. The molecular formula is C17H10BrClN4O. The Labute approximate surface area is 151 Å². The fourth-order valence-electron chi connectivity index (χ4n) is 2.29. The molecule has 2 aromatic carbocycles. The van der Waals surface area contributed by atoms with Gasteiger partial charge in [0.1, 0.15) is 17.5 Å². The van der Waals surface area contributed by atoms with E-state index in [9.17, 15) is 0 Å². The number of benzene rings is 2. The molecule has 0 unspecified atom stereocenters. The van der Waals surface area contributed by atoms with Gasteiger partial charge in [-0.1, -0.05) is 27.5 Å². The van der Waals surface area contributed by atoms with Gasteiger partial charge in [0.05, 0.1) is 11.9 Å². The molecular weight excluding hydrogens is 392 g/mol. The van der Waals surface area contributed by atoms with Gasteiger partial charge in [0.2, 0.25) is 5.88 Å². The van der Waals surface area contributed by atoms with E-state index in [-0.39, 0.29) is 0 Å². The largest absolute Gasteiger partial charge is 0.438 e. The molecule has 0 aliphatic rings. The average Bonchev–Trinajstić information content (AvgIpc) is 3.03. The molecule has 2 aromatic heterocycles. The number of halogens is 2. The van der Waals surface area contributed by atoms with Crippen LogP contribution in [-0.4, -0.2) is 19.7 Å². The van der Waals surface area contributed by atoms with Gasteiger partial charge in [-0.05, 0) is 48.5 Å². The van der Waals surface area contributed by atoms with Crippen molar-refractivity contribution in [1.82, 2.24) is 19.7 Å². The van der Waals surface area contributed by atoms with Crippen molar-refractivity contribution in [2.75, 3.05) is 0 Å². The molecule has 0 aliphatic heterocycles. The van der Waals surface area contributed by atoms with Crippen LogP contribution in [0.5, 0.6) is 11.6 Å². The minimum Gasteiger partial charge on any atom is -0.438 e. The molecule has 118 valence electrons. The lowest BCUT2D eigenvalue weighted by Gasteiger charge is -2.06. The lowest BCUT2D eigenvalue weighted by molar-refractivity contribution is 0.468. The molecule has 0 N–H and O–H groups in total. The van der Waals surface area contributed by atoms with Crippen LogP contribution in [0.1, 0.15) is 0 Å². The van der Waals surface area contributed by atoms with Gasteiger partial charge < -0.3 is 4.74 Å². The van der Waals surface area contributed by atoms with E-state index in [4.69, 9.17) is 16.3 Å². The van der Waals surface area contributed by atoms with E-state index in [1.54, 1.807) is 10.9 Å². The van der Waals surface area contributed by atoms with Crippen LogP contribution in [0.25, 0.3) is 16.7 Å². The summed E-state index contributed by atoms with van der Waals surface area (Å²) in [6.45, 7) is 0. The summed E-state index contributed by atoms with van der Waals surface area (Å²) in [6.07, 6.45) is 3.16. The summed E-state index contributed by atoms with van der Waals surface area (Å²) in [5, 5.41) is 5.80. The highest BCUT2D eigenvalue weighted by Gasteiger charge is 2.12. The summed E-state index contributed by atoms with van der Waals surface area (Å²) in [6, 6.07) is 14.9. The summed E-state index contributed by atoms with van der Waals surface area (Å²) >= 11 is 9.34. The first-order valence-electron chi connectivity index (χ1n) is 7.09. The molecule has 0 bridgehead atoms. The monoisotopic (exact) mass is 400 g/mol. The first-order valence-corrected chi connectivity index (χ1v) is 8.26. The molecule has 0 aliphatic carbocycles. The minimum atomic E-state index is 0.461. The average molecular weight is 402 g/mol. The predicted octanol–water partition coefficient (Wildman–Crippen LogP) is 5.02. The highest BCUT2D eigenvalue weighted by Crippen LogP contribution is 2.28. The molecule has 4 rings (SSSR count). The Hall–Kier alpha value is -2.44. The van der Waals surface area contributed by atoms with Crippen molar-refractivity contribution < 1.29 is 4.74 Å². The van der Waals surface area contributed by atoms with Gasteiger partial charge in [-0.25, -0.2) is 14.6 Å². The Kier molecular flexibility index (Phi) is 3.92. The zero-order valence-corrected chi connectivity index (χ0v) is 14.6. The summed E-state index contributed by atoms with van der Waals surface area (Å²) in [5.41, 5.74) is 1.53. The van der Waals surface area contributed by atoms with Crippen molar-refractivity contribution in [1.29, 1.82) is 0 Å². The Morgan fingerprint density at radius 1 is 0.958 bits per heavy atom. The van der Waals surface area contributed by atoms with Crippen LogP contribution in [0.15, 0.2) is 65.5 Å². The van der Waals surface area contributed by atoms with Crippen LogP contribution in [0, 0.1) is 0 Å². The highest BCUT2D eigenvalue weighted by molar-refractivity contribution is 9.10. The van der Waals surface area contributed by atoms with Gasteiger partial charge in [-0.15, -0.1) is 0 Å². The maximum Gasteiger partial charge on any atom is 0.233 e. The van der Waals surface area contributed by atoms with Gasteiger partial charge in [0.15, 0.2) is 5.65 Å². The second-order valence-corrected chi connectivity index (χ2v) is 6.36. The molecule has 0 radical (unpaired) electrons. The van der Waals surface area contributed by atoms with Gasteiger partial charge in [0, 0.05) is 9.50 Å². The van der Waals surface area contributed by atoms with Crippen molar-refractivity contribution in [3.05, 3.63) is 70.6 Å². The second kappa shape index (κ2) is 6.22. The van der Waals surface area contributed by atoms with Crippen LogP contribution in [0.3, 0.4) is 0 Å². The topological polar surface area (TPSA) is 52.8 Å². The fraction of sp³-hybridized carbons (Fsp3) is 0. The molecule has 24 heavy (non-hydrogen) atoms. The van der Waals surface area contributed by atoms with E-state index in [1.807, 2.05) is 48.5 Å². The number of ether oxygens (including phenoxy) is 1. The number of nitrogens with zero attached hydrogens (tertiary/aromatic N) is 4. The number of hydrogen-bond acceptors (Lipinski definition) is 4. The summed E-state index contributed by atoms with van der Waals surface area (Å²) in [5.74, 6) is 1.15. The molecule has 0 spiro atoms. The molecule has 0 fully saturated rings. The van der Waals surface area contributed by atoms with Gasteiger partial charge in [-0.2, -0.15) is 5.10 Å².